The van der Waals surface area contributed by atoms with Crippen molar-refractivity contribution < 1.29 is 14.7 Å². The minimum absolute atomic E-state index is 0.0893. The van der Waals surface area contributed by atoms with Gasteiger partial charge in [0.05, 0.1) is 5.92 Å². The molecular weight excluding hydrogens is 256 g/mol. The van der Waals surface area contributed by atoms with E-state index in [-0.39, 0.29) is 5.91 Å². The minimum atomic E-state index is -0.828. The summed E-state index contributed by atoms with van der Waals surface area (Å²) in [6.45, 7) is 6.66. The molecule has 1 aromatic carbocycles. The number of hydrogen-bond donors (Lipinski definition) is 1. The Bertz CT molecular complexity index is 488. The highest BCUT2D eigenvalue weighted by molar-refractivity contribution is 5.96. The maximum atomic E-state index is 12.1. The van der Waals surface area contributed by atoms with Gasteiger partial charge in [-0.05, 0) is 38.1 Å². The number of carbonyl (C=O) groups is 2. The number of rotatable bonds is 5. The molecule has 1 heterocycles. The monoisotopic (exact) mass is 276 g/mol. The second-order valence-electron chi connectivity index (χ2n) is 4.96. The molecule has 1 aromatic rings. The van der Waals surface area contributed by atoms with Gasteiger partial charge in [-0.2, -0.15) is 0 Å². The lowest BCUT2D eigenvalue weighted by Crippen LogP contribution is -2.53. The molecule has 20 heavy (non-hydrogen) atoms. The molecule has 5 nitrogen and oxygen atoms in total. The zero-order valence-corrected chi connectivity index (χ0v) is 11.9. The molecule has 0 radical (unpaired) electrons. The Balaban J connectivity index is 2.00. The van der Waals surface area contributed by atoms with Crippen molar-refractivity contribution in [2.24, 2.45) is 5.92 Å². The summed E-state index contributed by atoms with van der Waals surface area (Å²) in [6.07, 6.45) is 0. The molecule has 1 fully saturated rings. The maximum absolute atomic E-state index is 12.1. The summed E-state index contributed by atoms with van der Waals surface area (Å²) in [7, 11) is 0. The summed E-state index contributed by atoms with van der Waals surface area (Å²) in [4.78, 5) is 26.6. The SMILES string of the molecule is CCN(CC)c1ccc(C(=O)N2CC(C(=O)O)C2)cc1. The van der Waals surface area contributed by atoms with Crippen LogP contribution in [-0.4, -0.2) is 48.1 Å². The lowest BCUT2D eigenvalue weighted by Gasteiger charge is -2.36. The van der Waals surface area contributed by atoms with E-state index in [4.69, 9.17) is 5.11 Å². The summed E-state index contributed by atoms with van der Waals surface area (Å²) in [5.41, 5.74) is 1.71. The predicted molar refractivity (Wildman–Crippen MR) is 77.0 cm³/mol. The quantitative estimate of drug-likeness (QED) is 0.889. The van der Waals surface area contributed by atoms with E-state index in [0.29, 0.717) is 18.7 Å². The largest absolute Gasteiger partial charge is 0.481 e. The number of aliphatic carboxylic acids is 1. The smallest absolute Gasteiger partial charge is 0.310 e. The van der Waals surface area contributed by atoms with Gasteiger partial charge < -0.3 is 14.9 Å². The van der Waals surface area contributed by atoms with E-state index in [0.717, 1.165) is 18.8 Å². The summed E-state index contributed by atoms with van der Waals surface area (Å²) < 4.78 is 0. The third-order valence-electron chi connectivity index (χ3n) is 3.76. The van der Waals surface area contributed by atoms with Crippen molar-refractivity contribution in [2.45, 2.75) is 13.8 Å². The molecule has 0 saturated carbocycles. The molecule has 0 bridgehead atoms. The van der Waals surface area contributed by atoms with Crippen LogP contribution in [0.4, 0.5) is 5.69 Å². The second kappa shape index (κ2) is 5.94. The van der Waals surface area contributed by atoms with Gasteiger partial charge >= 0.3 is 5.97 Å². The molecule has 0 spiro atoms. The van der Waals surface area contributed by atoms with Crippen LogP contribution in [0.15, 0.2) is 24.3 Å². The molecule has 1 aliphatic rings. The maximum Gasteiger partial charge on any atom is 0.310 e. The van der Waals surface area contributed by atoms with E-state index in [2.05, 4.69) is 18.7 Å². The minimum Gasteiger partial charge on any atom is -0.481 e. The van der Waals surface area contributed by atoms with E-state index in [1.807, 2.05) is 24.3 Å². The van der Waals surface area contributed by atoms with Crippen molar-refractivity contribution in [3.63, 3.8) is 0 Å². The predicted octanol–water partition coefficient (Wildman–Crippen LogP) is 1.69. The normalized spacial score (nSPS) is 14.8. The average Bonchev–Trinajstić information content (AvgIpc) is 2.38. The van der Waals surface area contributed by atoms with Gasteiger partial charge in [-0.15, -0.1) is 0 Å². The van der Waals surface area contributed by atoms with Crippen LogP contribution in [0.1, 0.15) is 24.2 Å². The Morgan fingerprint density at radius 3 is 2.20 bits per heavy atom. The summed E-state index contributed by atoms with van der Waals surface area (Å²) in [5, 5.41) is 8.81. The molecule has 0 aromatic heterocycles. The van der Waals surface area contributed by atoms with E-state index in [9.17, 15) is 9.59 Å². The topological polar surface area (TPSA) is 60.9 Å². The van der Waals surface area contributed by atoms with Gasteiger partial charge in [0.2, 0.25) is 0 Å². The van der Waals surface area contributed by atoms with Crippen molar-refractivity contribution in [2.75, 3.05) is 31.1 Å². The Morgan fingerprint density at radius 1 is 1.20 bits per heavy atom. The number of carboxylic acid groups (broad SMARTS) is 1. The molecule has 1 N–H and O–H groups in total. The average molecular weight is 276 g/mol. The van der Waals surface area contributed by atoms with E-state index < -0.39 is 11.9 Å². The van der Waals surface area contributed by atoms with Crippen LogP contribution in [-0.2, 0) is 4.79 Å². The zero-order valence-electron chi connectivity index (χ0n) is 11.9. The molecular formula is C15H20N2O3. The number of anilines is 1. The van der Waals surface area contributed by atoms with Crippen LogP contribution in [0.25, 0.3) is 0 Å². The Hall–Kier alpha value is -2.04. The van der Waals surface area contributed by atoms with E-state index in [1.54, 1.807) is 4.90 Å². The Morgan fingerprint density at radius 2 is 1.75 bits per heavy atom. The highest BCUT2D eigenvalue weighted by atomic mass is 16.4. The van der Waals surface area contributed by atoms with Gasteiger partial charge in [-0.1, -0.05) is 0 Å². The third-order valence-corrected chi connectivity index (χ3v) is 3.76. The molecule has 0 unspecified atom stereocenters. The fourth-order valence-electron chi connectivity index (χ4n) is 2.39. The molecule has 0 aliphatic carbocycles. The molecule has 1 amide bonds. The molecule has 0 atom stereocenters. The van der Waals surface area contributed by atoms with Gasteiger partial charge in [0.15, 0.2) is 0 Å². The van der Waals surface area contributed by atoms with Crippen molar-refractivity contribution in [3.05, 3.63) is 29.8 Å². The number of likely N-dealkylation sites (tertiary alicyclic amines) is 1. The fraction of sp³-hybridized carbons (Fsp3) is 0.467. The first-order chi connectivity index (χ1) is 9.56. The lowest BCUT2D eigenvalue weighted by atomic mass is 9.99. The van der Waals surface area contributed by atoms with Crippen molar-refractivity contribution in [3.8, 4) is 0 Å². The molecule has 1 aliphatic heterocycles. The number of benzene rings is 1. The fourth-order valence-corrected chi connectivity index (χ4v) is 2.39. The second-order valence-corrected chi connectivity index (χ2v) is 4.96. The van der Waals surface area contributed by atoms with Crippen LogP contribution in [0.5, 0.6) is 0 Å². The van der Waals surface area contributed by atoms with Crippen LogP contribution < -0.4 is 4.90 Å². The van der Waals surface area contributed by atoms with Gasteiger partial charge in [-0.3, -0.25) is 9.59 Å². The Labute approximate surface area is 118 Å². The molecule has 2 rings (SSSR count). The number of amides is 1. The summed E-state index contributed by atoms with van der Waals surface area (Å²) in [5.74, 6) is -1.33. The molecule has 5 heteroatoms. The van der Waals surface area contributed by atoms with Crippen LogP contribution in [0.2, 0.25) is 0 Å². The van der Waals surface area contributed by atoms with Gasteiger partial charge in [-0.25, -0.2) is 0 Å². The van der Waals surface area contributed by atoms with Crippen LogP contribution >= 0.6 is 0 Å². The first kappa shape index (κ1) is 14.4. The first-order valence-corrected chi connectivity index (χ1v) is 6.93. The van der Waals surface area contributed by atoms with Gasteiger partial charge in [0.1, 0.15) is 0 Å². The first-order valence-electron chi connectivity index (χ1n) is 6.93. The third kappa shape index (κ3) is 2.76. The number of nitrogens with zero attached hydrogens (tertiary/aromatic N) is 2. The highest BCUT2D eigenvalue weighted by Crippen LogP contribution is 2.21. The highest BCUT2D eigenvalue weighted by Gasteiger charge is 2.35. The summed E-state index contributed by atoms with van der Waals surface area (Å²) >= 11 is 0. The lowest BCUT2D eigenvalue weighted by molar-refractivity contribution is -0.146. The van der Waals surface area contributed by atoms with E-state index in [1.165, 1.54) is 0 Å². The number of carbonyl (C=O) groups excluding carboxylic acids is 1. The summed E-state index contributed by atoms with van der Waals surface area (Å²) in [6, 6.07) is 7.50. The van der Waals surface area contributed by atoms with Gasteiger partial charge in [0.25, 0.3) is 5.91 Å². The molecule has 108 valence electrons. The van der Waals surface area contributed by atoms with Crippen molar-refractivity contribution in [1.82, 2.24) is 4.90 Å². The van der Waals surface area contributed by atoms with Crippen LogP contribution in [0.3, 0.4) is 0 Å². The number of hydrogen-bond acceptors (Lipinski definition) is 3. The van der Waals surface area contributed by atoms with Crippen molar-refractivity contribution >= 4 is 17.6 Å². The Kier molecular flexibility index (Phi) is 4.27. The molecule has 1 saturated heterocycles. The van der Waals surface area contributed by atoms with Gasteiger partial charge in [0, 0.05) is 37.4 Å². The number of carboxylic acids is 1. The zero-order chi connectivity index (χ0) is 14.7. The van der Waals surface area contributed by atoms with E-state index >= 15 is 0 Å². The van der Waals surface area contributed by atoms with Crippen LogP contribution in [0, 0.1) is 5.92 Å². The standard InChI is InChI=1S/C15H20N2O3/c1-3-16(4-2)13-7-5-11(6-8-13)14(18)17-9-12(10-17)15(19)20/h5-8,12H,3-4,9-10H2,1-2H3,(H,19,20). The van der Waals surface area contributed by atoms with Crippen molar-refractivity contribution in [1.29, 1.82) is 0 Å².